The number of carbonyl (C=O) groups excluding carboxylic acids is 2. The molecule has 0 atom stereocenters. The van der Waals surface area contributed by atoms with E-state index in [1.54, 1.807) is 22.9 Å². The average molecular weight is 365 g/mol. The van der Waals surface area contributed by atoms with Gasteiger partial charge in [0.2, 0.25) is 11.8 Å². The van der Waals surface area contributed by atoms with Crippen LogP contribution in [0.25, 0.3) is 0 Å². The lowest BCUT2D eigenvalue weighted by Crippen LogP contribution is -2.36. The van der Waals surface area contributed by atoms with E-state index in [4.69, 9.17) is 0 Å². The minimum Gasteiger partial charge on any atom is -0.274 e. The molecule has 2 amide bonds. The first-order valence-corrected chi connectivity index (χ1v) is 4.98. The maximum atomic E-state index is 10.9. The summed E-state index contributed by atoms with van der Waals surface area (Å²) in [5.74, 6) is -0.146. The Morgan fingerprint density at radius 1 is 1.30 bits per heavy atom. The standard InChI is InChI=1S/C5H5I2NO2/c6-3-1-4(9)8(7)5(10)2-3/h3H,1-2H2. The Morgan fingerprint density at radius 3 is 2.10 bits per heavy atom. The number of alkyl halides is 1. The summed E-state index contributed by atoms with van der Waals surface area (Å²) < 4.78 is 1.37. The number of nitrogens with zero attached hydrogens (tertiary/aromatic N) is 1. The van der Waals surface area contributed by atoms with E-state index in [1.807, 2.05) is 0 Å². The summed E-state index contributed by atoms with van der Waals surface area (Å²) in [5.41, 5.74) is 0. The highest BCUT2D eigenvalue weighted by atomic mass is 127. The largest absolute Gasteiger partial charge is 0.274 e. The molecule has 0 aromatic rings. The first kappa shape index (κ1) is 8.69. The van der Waals surface area contributed by atoms with Gasteiger partial charge in [0.15, 0.2) is 0 Å². The van der Waals surface area contributed by atoms with Crippen LogP contribution in [0.4, 0.5) is 0 Å². The Hall–Kier alpha value is 0.600. The van der Waals surface area contributed by atoms with Gasteiger partial charge in [-0.25, -0.2) is 3.11 Å². The van der Waals surface area contributed by atoms with Crippen LogP contribution in [-0.4, -0.2) is 18.9 Å². The fourth-order valence-corrected chi connectivity index (χ4v) is 1.90. The molecule has 1 aliphatic rings. The van der Waals surface area contributed by atoms with E-state index in [0.717, 1.165) is 0 Å². The zero-order chi connectivity index (χ0) is 7.72. The van der Waals surface area contributed by atoms with Crippen LogP contribution in [0.15, 0.2) is 0 Å². The van der Waals surface area contributed by atoms with Crippen molar-refractivity contribution in [3.05, 3.63) is 0 Å². The van der Waals surface area contributed by atoms with Crippen LogP contribution in [0.1, 0.15) is 12.8 Å². The number of hydrogen-bond donors (Lipinski definition) is 0. The van der Waals surface area contributed by atoms with Crippen molar-refractivity contribution >= 4 is 57.3 Å². The zero-order valence-electron chi connectivity index (χ0n) is 5.01. The smallest absolute Gasteiger partial charge is 0.239 e. The second kappa shape index (κ2) is 3.33. The van der Waals surface area contributed by atoms with Gasteiger partial charge in [-0.3, -0.25) is 9.59 Å². The van der Waals surface area contributed by atoms with E-state index in [-0.39, 0.29) is 15.7 Å². The van der Waals surface area contributed by atoms with E-state index in [1.165, 1.54) is 3.11 Å². The van der Waals surface area contributed by atoms with Crippen molar-refractivity contribution in [3.63, 3.8) is 0 Å². The molecule has 1 heterocycles. The fourth-order valence-electron chi connectivity index (χ4n) is 0.750. The number of amides is 2. The van der Waals surface area contributed by atoms with Crippen molar-refractivity contribution in [1.82, 2.24) is 3.11 Å². The van der Waals surface area contributed by atoms with E-state index in [0.29, 0.717) is 12.8 Å². The molecule has 0 N–H and O–H groups in total. The van der Waals surface area contributed by atoms with Gasteiger partial charge in [-0.05, 0) is 0 Å². The molecule has 56 valence electrons. The molecule has 0 aliphatic carbocycles. The van der Waals surface area contributed by atoms with Gasteiger partial charge in [0.1, 0.15) is 0 Å². The van der Waals surface area contributed by atoms with Crippen LogP contribution in [0.5, 0.6) is 0 Å². The van der Waals surface area contributed by atoms with Crippen molar-refractivity contribution in [1.29, 1.82) is 0 Å². The SMILES string of the molecule is O=C1CC(I)CC(=O)N1I. The van der Waals surface area contributed by atoms with Crippen molar-refractivity contribution in [3.8, 4) is 0 Å². The summed E-state index contributed by atoms with van der Waals surface area (Å²) in [5, 5.41) is 0. The lowest BCUT2D eigenvalue weighted by molar-refractivity contribution is -0.138. The van der Waals surface area contributed by atoms with Crippen LogP contribution in [0, 0.1) is 0 Å². The Kier molecular flexibility index (Phi) is 2.90. The van der Waals surface area contributed by atoms with Gasteiger partial charge in [0.05, 0.1) is 22.9 Å². The Bertz CT molecular complexity index is 164. The first-order valence-electron chi connectivity index (χ1n) is 2.77. The molecule has 1 aliphatic heterocycles. The number of halogens is 2. The summed E-state index contributed by atoms with van der Waals surface area (Å²) in [6, 6.07) is 0. The molecule has 1 saturated heterocycles. The summed E-state index contributed by atoms with van der Waals surface area (Å²) in [6.45, 7) is 0. The summed E-state index contributed by atoms with van der Waals surface area (Å²) in [6.07, 6.45) is 0.991. The third kappa shape index (κ3) is 1.80. The lowest BCUT2D eigenvalue weighted by atomic mass is 10.1. The summed E-state index contributed by atoms with van der Waals surface area (Å²) in [4.78, 5) is 21.8. The number of piperidine rings is 1. The quantitative estimate of drug-likeness (QED) is 0.281. The van der Waals surface area contributed by atoms with Gasteiger partial charge in [-0.15, -0.1) is 0 Å². The van der Waals surface area contributed by atoms with Crippen LogP contribution in [0.3, 0.4) is 0 Å². The molecule has 1 rings (SSSR count). The highest BCUT2D eigenvalue weighted by Gasteiger charge is 2.29. The van der Waals surface area contributed by atoms with Crippen LogP contribution < -0.4 is 0 Å². The topological polar surface area (TPSA) is 37.4 Å². The molecule has 5 heteroatoms. The summed E-state index contributed by atoms with van der Waals surface area (Å²) >= 11 is 3.88. The molecular weight excluding hydrogens is 360 g/mol. The van der Waals surface area contributed by atoms with E-state index in [2.05, 4.69) is 22.6 Å². The third-order valence-corrected chi connectivity index (χ3v) is 3.19. The Balaban J connectivity index is 2.66. The van der Waals surface area contributed by atoms with E-state index >= 15 is 0 Å². The highest BCUT2D eigenvalue weighted by molar-refractivity contribution is 14.1. The number of rotatable bonds is 0. The Labute approximate surface area is 86.2 Å². The van der Waals surface area contributed by atoms with Gasteiger partial charge >= 0.3 is 0 Å². The van der Waals surface area contributed by atoms with Crippen molar-refractivity contribution in [2.45, 2.75) is 16.8 Å². The maximum Gasteiger partial charge on any atom is 0.239 e. The second-order valence-electron chi connectivity index (χ2n) is 2.07. The highest BCUT2D eigenvalue weighted by Crippen LogP contribution is 2.22. The van der Waals surface area contributed by atoms with Gasteiger partial charge in [-0.1, -0.05) is 22.6 Å². The molecule has 0 bridgehead atoms. The maximum absolute atomic E-state index is 10.9. The molecule has 0 aromatic carbocycles. The van der Waals surface area contributed by atoms with Gasteiger partial charge in [0.25, 0.3) is 0 Å². The van der Waals surface area contributed by atoms with Crippen LogP contribution in [-0.2, 0) is 9.59 Å². The minimum atomic E-state index is -0.0729. The van der Waals surface area contributed by atoms with E-state index in [9.17, 15) is 9.59 Å². The minimum absolute atomic E-state index is 0.0729. The predicted molar refractivity (Wildman–Crippen MR) is 52.9 cm³/mol. The molecule has 3 nitrogen and oxygen atoms in total. The molecule has 0 aromatic heterocycles. The fraction of sp³-hybridized carbons (Fsp3) is 0.600. The molecule has 0 radical (unpaired) electrons. The Morgan fingerprint density at radius 2 is 1.70 bits per heavy atom. The van der Waals surface area contributed by atoms with Gasteiger partial charge in [0, 0.05) is 16.8 Å². The van der Waals surface area contributed by atoms with Crippen molar-refractivity contribution in [2.75, 3.05) is 0 Å². The van der Waals surface area contributed by atoms with Gasteiger partial charge < -0.3 is 0 Å². The van der Waals surface area contributed by atoms with E-state index < -0.39 is 0 Å². The van der Waals surface area contributed by atoms with Crippen molar-refractivity contribution < 1.29 is 9.59 Å². The van der Waals surface area contributed by atoms with Gasteiger partial charge in [-0.2, -0.15) is 0 Å². The third-order valence-electron chi connectivity index (χ3n) is 1.23. The zero-order valence-corrected chi connectivity index (χ0v) is 9.33. The molecule has 10 heavy (non-hydrogen) atoms. The molecular formula is C5H5I2NO2. The number of imide groups is 1. The van der Waals surface area contributed by atoms with Crippen LogP contribution in [0.2, 0.25) is 0 Å². The monoisotopic (exact) mass is 365 g/mol. The molecule has 1 fully saturated rings. The molecule has 0 unspecified atom stereocenters. The normalized spacial score (nSPS) is 22.0. The lowest BCUT2D eigenvalue weighted by Gasteiger charge is -2.21. The number of hydrogen-bond acceptors (Lipinski definition) is 2. The van der Waals surface area contributed by atoms with Crippen molar-refractivity contribution in [2.24, 2.45) is 0 Å². The molecule has 0 spiro atoms. The second-order valence-corrected chi connectivity index (χ2v) is 4.80. The first-order chi connectivity index (χ1) is 4.61. The predicted octanol–water partition coefficient (Wildman–Crippen LogP) is 1.29. The van der Waals surface area contributed by atoms with Crippen LogP contribution >= 0.6 is 45.5 Å². The average Bonchev–Trinajstić information content (AvgIpc) is 1.82. The number of carbonyl (C=O) groups is 2. The molecule has 0 saturated carbocycles. The summed E-state index contributed by atoms with van der Waals surface area (Å²) in [7, 11) is 0.